The Labute approximate surface area is 128 Å². The van der Waals surface area contributed by atoms with E-state index in [1.807, 2.05) is 10.6 Å². The smallest absolute Gasteiger partial charge is 0.328 e. The molecule has 1 aliphatic heterocycles. The van der Waals surface area contributed by atoms with Gasteiger partial charge in [0.05, 0.1) is 18.7 Å². The average Bonchev–Trinajstić information content (AvgIpc) is 2.43. The third-order valence-electron chi connectivity index (χ3n) is 2.75. The van der Waals surface area contributed by atoms with Crippen LogP contribution in [0.4, 0.5) is 4.79 Å². The molecule has 0 bridgehead atoms. The number of nitrogens with one attached hydrogen (secondary N) is 2. The standard InChI is InChI=1S/C13H11BrN2O5/c1-20-9-5-10(21-2)8(14)4-6(9)3-7-11(17)15-13(19)16-12(7)18/h3-5H,1-2H3,(H2,15,16,17,18,19). The Bertz CT molecular complexity index is 647. The third kappa shape index (κ3) is 3.05. The van der Waals surface area contributed by atoms with Gasteiger partial charge in [-0.2, -0.15) is 0 Å². The molecule has 0 aliphatic carbocycles. The zero-order chi connectivity index (χ0) is 15.6. The van der Waals surface area contributed by atoms with Gasteiger partial charge in [-0.1, -0.05) is 0 Å². The Balaban J connectivity index is 2.49. The molecule has 0 saturated carbocycles. The summed E-state index contributed by atoms with van der Waals surface area (Å²) in [6, 6.07) is 2.41. The lowest BCUT2D eigenvalue weighted by atomic mass is 10.1. The number of carbonyl (C=O) groups is 3. The van der Waals surface area contributed by atoms with Gasteiger partial charge in [0.2, 0.25) is 0 Å². The van der Waals surface area contributed by atoms with E-state index < -0.39 is 17.8 Å². The van der Waals surface area contributed by atoms with Crippen molar-refractivity contribution in [3.05, 3.63) is 27.7 Å². The predicted octanol–water partition coefficient (Wildman–Crippen LogP) is 1.22. The topological polar surface area (TPSA) is 93.7 Å². The quantitative estimate of drug-likeness (QED) is 0.628. The molecule has 8 heteroatoms. The molecule has 4 amide bonds. The first kappa shape index (κ1) is 15.0. The number of carbonyl (C=O) groups excluding carboxylic acids is 3. The lowest BCUT2D eigenvalue weighted by Gasteiger charge is -2.15. The van der Waals surface area contributed by atoms with E-state index in [9.17, 15) is 14.4 Å². The Kier molecular flexibility index (Phi) is 4.27. The maximum absolute atomic E-state index is 11.7. The Morgan fingerprint density at radius 1 is 1.00 bits per heavy atom. The Hall–Kier alpha value is -2.35. The number of hydrogen-bond acceptors (Lipinski definition) is 5. The second-order valence-electron chi connectivity index (χ2n) is 4.02. The van der Waals surface area contributed by atoms with E-state index in [2.05, 4.69) is 15.9 Å². The molecule has 1 saturated heterocycles. The van der Waals surface area contributed by atoms with E-state index in [1.165, 1.54) is 20.3 Å². The summed E-state index contributed by atoms with van der Waals surface area (Å²) >= 11 is 3.31. The second kappa shape index (κ2) is 5.96. The highest BCUT2D eigenvalue weighted by atomic mass is 79.9. The Morgan fingerprint density at radius 3 is 2.10 bits per heavy atom. The Morgan fingerprint density at radius 2 is 1.57 bits per heavy atom. The van der Waals surface area contributed by atoms with Crippen LogP contribution >= 0.6 is 15.9 Å². The summed E-state index contributed by atoms with van der Waals surface area (Å²) < 4.78 is 11.0. The first-order valence-corrected chi connectivity index (χ1v) is 6.55. The van der Waals surface area contributed by atoms with Crippen molar-refractivity contribution in [3.8, 4) is 11.5 Å². The minimum Gasteiger partial charge on any atom is -0.496 e. The zero-order valence-corrected chi connectivity index (χ0v) is 12.7. The van der Waals surface area contributed by atoms with Crippen LogP contribution in [-0.4, -0.2) is 32.1 Å². The summed E-state index contributed by atoms with van der Waals surface area (Å²) in [5.41, 5.74) is 0.296. The first-order valence-electron chi connectivity index (χ1n) is 5.76. The summed E-state index contributed by atoms with van der Waals surface area (Å²) in [5, 5.41) is 4.00. The second-order valence-corrected chi connectivity index (χ2v) is 4.88. The van der Waals surface area contributed by atoms with Crippen molar-refractivity contribution in [2.45, 2.75) is 0 Å². The van der Waals surface area contributed by atoms with Crippen molar-refractivity contribution in [3.63, 3.8) is 0 Å². The molecule has 1 aromatic rings. The molecule has 1 aliphatic rings. The van der Waals surface area contributed by atoms with Crippen molar-refractivity contribution in [1.82, 2.24) is 10.6 Å². The summed E-state index contributed by atoms with van der Waals surface area (Å²) in [6.45, 7) is 0. The molecule has 0 radical (unpaired) electrons. The number of urea groups is 1. The van der Waals surface area contributed by atoms with Crippen molar-refractivity contribution in [1.29, 1.82) is 0 Å². The van der Waals surface area contributed by atoms with Crippen LogP contribution in [0.25, 0.3) is 6.08 Å². The molecule has 110 valence electrons. The molecule has 1 fully saturated rings. The van der Waals surface area contributed by atoms with Crippen LogP contribution in [0.5, 0.6) is 11.5 Å². The maximum atomic E-state index is 11.7. The van der Waals surface area contributed by atoms with Gasteiger partial charge in [-0.05, 0) is 28.1 Å². The van der Waals surface area contributed by atoms with Crippen molar-refractivity contribution in [2.75, 3.05) is 14.2 Å². The third-order valence-corrected chi connectivity index (χ3v) is 3.37. The highest BCUT2D eigenvalue weighted by Gasteiger charge is 2.28. The number of rotatable bonds is 3. The van der Waals surface area contributed by atoms with Gasteiger partial charge in [0, 0.05) is 11.6 Å². The van der Waals surface area contributed by atoms with Gasteiger partial charge >= 0.3 is 6.03 Å². The van der Waals surface area contributed by atoms with Crippen LogP contribution in [0.2, 0.25) is 0 Å². The fraction of sp³-hybridized carbons (Fsp3) is 0.154. The predicted molar refractivity (Wildman–Crippen MR) is 76.9 cm³/mol. The van der Waals surface area contributed by atoms with Crippen molar-refractivity contribution >= 4 is 39.9 Å². The van der Waals surface area contributed by atoms with E-state index in [1.54, 1.807) is 12.1 Å². The average molecular weight is 355 g/mol. The maximum Gasteiger partial charge on any atom is 0.328 e. The highest BCUT2D eigenvalue weighted by Crippen LogP contribution is 2.34. The van der Waals surface area contributed by atoms with Crippen molar-refractivity contribution in [2.24, 2.45) is 0 Å². The van der Waals surface area contributed by atoms with E-state index in [0.29, 0.717) is 21.5 Å². The number of ether oxygens (including phenoxy) is 2. The van der Waals surface area contributed by atoms with Crippen LogP contribution in [0.3, 0.4) is 0 Å². The number of benzene rings is 1. The summed E-state index contributed by atoms with van der Waals surface area (Å²) in [6.07, 6.45) is 1.33. The number of halogens is 1. The number of imide groups is 2. The first-order chi connectivity index (χ1) is 9.96. The van der Waals surface area contributed by atoms with Crippen LogP contribution < -0.4 is 20.1 Å². The number of amides is 4. The number of barbiturate groups is 1. The highest BCUT2D eigenvalue weighted by molar-refractivity contribution is 9.10. The van der Waals surface area contributed by atoms with Gasteiger partial charge in [0.1, 0.15) is 17.1 Å². The van der Waals surface area contributed by atoms with E-state index >= 15 is 0 Å². The molecule has 1 aromatic carbocycles. The van der Waals surface area contributed by atoms with Gasteiger partial charge in [0.25, 0.3) is 11.8 Å². The number of hydrogen-bond donors (Lipinski definition) is 2. The summed E-state index contributed by atoms with van der Waals surface area (Å²) in [7, 11) is 2.96. The van der Waals surface area contributed by atoms with E-state index in [-0.39, 0.29) is 5.57 Å². The van der Waals surface area contributed by atoms with Crippen LogP contribution in [0, 0.1) is 0 Å². The summed E-state index contributed by atoms with van der Waals surface area (Å²) in [5.74, 6) is -0.572. The molecule has 0 atom stereocenters. The minimum atomic E-state index is -0.843. The van der Waals surface area contributed by atoms with Gasteiger partial charge in [-0.25, -0.2) is 4.79 Å². The fourth-order valence-corrected chi connectivity index (χ4v) is 2.28. The molecule has 7 nitrogen and oxygen atoms in total. The van der Waals surface area contributed by atoms with Gasteiger partial charge in [-0.15, -0.1) is 0 Å². The molecule has 2 rings (SSSR count). The fourth-order valence-electron chi connectivity index (χ4n) is 1.76. The lowest BCUT2D eigenvalue weighted by Crippen LogP contribution is -2.51. The molecular formula is C13H11BrN2O5. The molecule has 0 aromatic heterocycles. The van der Waals surface area contributed by atoms with Crippen LogP contribution in [0.15, 0.2) is 22.2 Å². The SMILES string of the molecule is COc1cc(OC)c(C=C2C(=O)NC(=O)NC2=O)cc1Br. The molecular weight excluding hydrogens is 344 g/mol. The van der Waals surface area contributed by atoms with Gasteiger partial charge < -0.3 is 9.47 Å². The normalized spacial score (nSPS) is 14.4. The van der Waals surface area contributed by atoms with Crippen LogP contribution in [0.1, 0.15) is 5.56 Å². The molecule has 21 heavy (non-hydrogen) atoms. The van der Waals surface area contributed by atoms with Gasteiger partial charge in [-0.3, -0.25) is 20.2 Å². The number of methoxy groups -OCH3 is 2. The monoisotopic (exact) mass is 354 g/mol. The largest absolute Gasteiger partial charge is 0.496 e. The lowest BCUT2D eigenvalue weighted by molar-refractivity contribution is -0.123. The zero-order valence-electron chi connectivity index (χ0n) is 11.2. The molecule has 2 N–H and O–H groups in total. The van der Waals surface area contributed by atoms with Crippen LogP contribution in [-0.2, 0) is 9.59 Å². The minimum absolute atomic E-state index is 0.190. The molecule has 1 heterocycles. The molecule has 0 spiro atoms. The summed E-state index contributed by atoms with van der Waals surface area (Å²) in [4.78, 5) is 34.4. The van der Waals surface area contributed by atoms with Gasteiger partial charge in [0.15, 0.2) is 0 Å². The van der Waals surface area contributed by atoms with E-state index in [4.69, 9.17) is 9.47 Å². The molecule has 0 unspecified atom stereocenters. The van der Waals surface area contributed by atoms with E-state index in [0.717, 1.165) is 0 Å². The van der Waals surface area contributed by atoms with Crippen molar-refractivity contribution < 1.29 is 23.9 Å².